The van der Waals surface area contributed by atoms with Gasteiger partial charge in [-0.05, 0) is 24.5 Å². The molecule has 1 aromatic heterocycles. The van der Waals surface area contributed by atoms with Gasteiger partial charge in [0, 0.05) is 13.2 Å². The fourth-order valence-corrected chi connectivity index (χ4v) is 1.31. The summed E-state index contributed by atoms with van der Waals surface area (Å²) in [6, 6.07) is 3.56. The highest BCUT2D eigenvalue weighted by molar-refractivity contribution is 5.53. The van der Waals surface area contributed by atoms with E-state index in [-0.39, 0.29) is 6.61 Å². The third kappa shape index (κ3) is 3.58. The maximum Gasteiger partial charge on any atom is 0.238 e. The van der Waals surface area contributed by atoms with Crippen LogP contribution >= 0.6 is 0 Å². The minimum Gasteiger partial charge on any atom is -0.479 e. The van der Waals surface area contributed by atoms with Crippen molar-refractivity contribution in [2.45, 2.75) is 13.3 Å². The molecule has 0 saturated heterocycles. The van der Waals surface area contributed by atoms with Crippen molar-refractivity contribution in [2.24, 2.45) is 5.92 Å². The SMILES string of the molecule is COc1nc(NCC(C)CCO)ccc1N. The van der Waals surface area contributed by atoms with Crippen LogP contribution in [-0.2, 0) is 0 Å². The first-order chi connectivity index (χ1) is 7.67. The molecule has 0 aromatic carbocycles. The van der Waals surface area contributed by atoms with E-state index >= 15 is 0 Å². The molecule has 1 heterocycles. The Bertz CT molecular complexity index is 331. The first kappa shape index (κ1) is 12.6. The van der Waals surface area contributed by atoms with Gasteiger partial charge in [-0.2, -0.15) is 4.98 Å². The number of nitrogens with two attached hydrogens (primary N) is 1. The van der Waals surface area contributed by atoms with Crippen molar-refractivity contribution in [3.63, 3.8) is 0 Å². The van der Waals surface area contributed by atoms with Gasteiger partial charge in [0.15, 0.2) is 0 Å². The third-order valence-electron chi connectivity index (χ3n) is 2.34. The fraction of sp³-hybridized carbons (Fsp3) is 0.545. The van der Waals surface area contributed by atoms with Gasteiger partial charge in [0.05, 0.1) is 12.8 Å². The number of hydrogen-bond donors (Lipinski definition) is 3. The van der Waals surface area contributed by atoms with Crippen LogP contribution < -0.4 is 15.8 Å². The van der Waals surface area contributed by atoms with Crippen LogP contribution in [0.1, 0.15) is 13.3 Å². The lowest BCUT2D eigenvalue weighted by Gasteiger charge is -2.12. The summed E-state index contributed by atoms with van der Waals surface area (Å²) in [6.45, 7) is 3.04. The summed E-state index contributed by atoms with van der Waals surface area (Å²) in [5.74, 6) is 1.56. The van der Waals surface area contributed by atoms with Crippen molar-refractivity contribution in [1.29, 1.82) is 0 Å². The van der Waals surface area contributed by atoms with E-state index in [0.717, 1.165) is 18.8 Å². The van der Waals surface area contributed by atoms with E-state index in [1.165, 1.54) is 7.11 Å². The highest BCUT2D eigenvalue weighted by atomic mass is 16.5. The van der Waals surface area contributed by atoms with Gasteiger partial charge >= 0.3 is 0 Å². The van der Waals surface area contributed by atoms with Gasteiger partial charge in [-0.1, -0.05) is 6.92 Å². The normalized spacial score (nSPS) is 12.2. The number of aromatic nitrogens is 1. The predicted molar refractivity (Wildman–Crippen MR) is 64.6 cm³/mol. The minimum absolute atomic E-state index is 0.210. The Morgan fingerprint density at radius 3 is 2.94 bits per heavy atom. The number of aliphatic hydroxyl groups excluding tert-OH is 1. The average Bonchev–Trinajstić information content (AvgIpc) is 2.28. The van der Waals surface area contributed by atoms with Gasteiger partial charge in [0.1, 0.15) is 5.82 Å². The Labute approximate surface area is 95.6 Å². The monoisotopic (exact) mass is 225 g/mol. The highest BCUT2D eigenvalue weighted by Crippen LogP contribution is 2.20. The number of nitrogens with one attached hydrogen (secondary N) is 1. The van der Waals surface area contributed by atoms with Crippen molar-refractivity contribution >= 4 is 11.5 Å². The number of methoxy groups -OCH3 is 1. The van der Waals surface area contributed by atoms with Crippen LogP contribution in [0, 0.1) is 5.92 Å². The maximum atomic E-state index is 8.77. The number of ether oxygens (including phenoxy) is 1. The standard InChI is InChI=1S/C11H19N3O2/c1-8(5-6-15)7-13-10-4-3-9(12)11(14-10)16-2/h3-4,8,15H,5-7,12H2,1-2H3,(H,13,14). The maximum absolute atomic E-state index is 8.77. The van der Waals surface area contributed by atoms with Gasteiger partial charge in [0.2, 0.25) is 5.88 Å². The molecular formula is C11H19N3O2. The molecule has 1 unspecified atom stereocenters. The lowest BCUT2D eigenvalue weighted by molar-refractivity contribution is 0.266. The number of aliphatic hydroxyl groups is 1. The third-order valence-corrected chi connectivity index (χ3v) is 2.34. The topological polar surface area (TPSA) is 80.4 Å². The first-order valence-electron chi connectivity index (χ1n) is 5.32. The van der Waals surface area contributed by atoms with Crippen LogP contribution in [0.4, 0.5) is 11.5 Å². The number of hydrogen-bond acceptors (Lipinski definition) is 5. The van der Waals surface area contributed by atoms with Crippen molar-refractivity contribution in [2.75, 3.05) is 31.3 Å². The second-order valence-electron chi connectivity index (χ2n) is 3.79. The molecule has 1 rings (SSSR count). The number of anilines is 2. The predicted octanol–water partition coefficient (Wildman–Crippen LogP) is 1.10. The number of pyridine rings is 1. The van der Waals surface area contributed by atoms with Crippen molar-refractivity contribution in [3.05, 3.63) is 12.1 Å². The summed E-state index contributed by atoms with van der Waals surface area (Å²) in [7, 11) is 1.54. The molecule has 0 aliphatic rings. The van der Waals surface area contributed by atoms with Gasteiger partial charge in [-0.15, -0.1) is 0 Å². The fourth-order valence-electron chi connectivity index (χ4n) is 1.31. The number of nitrogen functional groups attached to an aromatic ring is 1. The molecule has 0 radical (unpaired) electrons. The van der Waals surface area contributed by atoms with Gasteiger partial charge < -0.3 is 20.9 Å². The zero-order valence-electron chi connectivity index (χ0n) is 9.73. The van der Waals surface area contributed by atoms with Crippen LogP contribution in [0.3, 0.4) is 0 Å². The van der Waals surface area contributed by atoms with Gasteiger partial charge in [-0.25, -0.2) is 0 Å². The quantitative estimate of drug-likeness (QED) is 0.675. The number of rotatable bonds is 6. The van der Waals surface area contributed by atoms with E-state index in [1.807, 2.05) is 6.07 Å². The Kier molecular flexibility index (Phi) is 4.85. The van der Waals surface area contributed by atoms with Crippen molar-refractivity contribution in [3.8, 4) is 5.88 Å². The largest absolute Gasteiger partial charge is 0.479 e. The summed E-state index contributed by atoms with van der Waals surface area (Å²) in [4.78, 5) is 4.20. The molecule has 5 heteroatoms. The molecule has 1 aromatic rings. The lowest BCUT2D eigenvalue weighted by Crippen LogP contribution is -2.13. The van der Waals surface area contributed by atoms with E-state index in [9.17, 15) is 0 Å². The van der Waals surface area contributed by atoms with E-state index in [1.54, 1.807) is 6.07 Å². The van der Waals surface area contributed by atoms with Crippen LogP contribution in [0.25, 0.3) is 0 Å². The lowest BCUT2D eigenvalue weighted by atomic mass is 10.1. The molecule has 0 aliphatic heterocycles. The molecule has 0 amide bonds. The van der Waals surface area contributed by atoms with E-state index in [2.05, 4.69) is 17.2 Å². The average molecular weight is 225 g/mol. The Hall–Kier alpha value is -1.49. The summed E-state index contributed by atoms with van der Waals surface area (Å²) in [5.41, 5.74) is 6.18. The molecule has 0 aliphatic carbocycles. The molecule has 0 spiro atoms. The highest BCUT2D eigenvalue weighted by Gasteiger charge is 2.04. The summed E-state index contributed by atoms with van der Waals surface area (Å²) in [6.07, 6.45) is 0.777. The molecular weight excluding hydrogens is 206 g/mol. The summed E-state index contributed by atoms with van der Waals surface area (Å²) < 4.78 is 5.02. The van der Waals surface area contributed by atoms with Crippen molar-refractivity contribution in [1.82, 2.24) is 4.98 Å². The second kappa shape index (κ2) is 6.17. The molecule has 0 bridgehead atoms. The molecule has 4 N–H and O–H groups in total. The van der Waals surface area contributed by atoms with E-state index in [4.69, 9.17) is 15.6 Å². The Morgan fingerprint density at radius 1 is 1.56 bits per heavy atom. The smallest absolute Gasteiger partial charge is 0.238 e. The first-order valence-corrected chi connectivity index (χ1v) is 5.32. The molecule has 0 fully saturated rings. The number of nitrogens with zero attached hydrogens (tertiary/aromatic N) is 1. The summed E-state index contributed by atoms with van der Waals surface area (Å²) >= 11 is 0. The van der Waals surface area contributed by atoms with Gasteiger partial charge in [-0.3, -0.25) is 0 Å². The van der Waals surface area contributed by atoms with Crippen LogP contribution in [0.5, 0.6) is 5.88 Å². The van der Waals surface area contributed by atoms with Gasteiger partial charge in [0.25, 0.3) is 0 Å². The molecule has 5 nitrogen and oxygen atoms in total. The van der Waals surface area contributed by atoms with Crippen LogP contribution in [-0.4, -0.2) is 30.4 Å². The minimum atomic E-state index is 0.210. The zero-order valence-corrected chi connectivity index (χ0v) is 9.73. The summed E-state index contributed by atoms with van der Waals surface area (Å²) in [5, 5.41) is 11.9. The second-order valence-corrected chi connectivity index (χ2v) is 3.79. The van der Waals surface area contributed by atoms with Crippen molar-refractivity contribution < 1.29 is 9.84 Å². The zero-order chi connectivity index (χ0) is 12.0. The van der Waals surface area contributed by atoms with Crippen LogP contribution in [0.2, 0.25) is 0 Å². The van der Waals surface area contributed by atoms with Crippen LogP contribution in [0.15, 0.2) is 12.1 Å². The van der Waals surface area contributed by atoms with E-state index < -0.39 is 0 Å². The Morgan fingerprint density at radius 2 is 2.31 bits per heavy atom. The molecule has 1 atom stereocenters. The Balaban J connectivity index is 2.54. The molecule has 90 valence electrons. The molecule has 0 saturated carbocycles. The molecule has 16 heavy (non-hydrogen) atoms. The van der Waals surface area contributed by atoms with E-state index in [0.29, 0.717) is 17.5 Å².